The molecule has 0 aliphatic carbocycles. The van der Waals surface area contributed by atoms with Crippen LogP contribution in [0.25, 0.3) is 16.6 Å². The molecule has 4 rings (SSSR count). The molecule has 0 bridgehead atoms. The number of para-hydroxylation sites is 2. The number of thioether (sulfide) groups is 1. The molecule has 162 valence electrons. The molecule has 2 aromatic carbocycles. The topological polar surface area (TPSA) is 76.9 Å². The van der Waals surface area contributed by atoms with Crippen LogP contribution in [0.15, 0.2) is 70.7 Å². The Kier molecular flexibility index (Phi) is 6.50. The number of rotatable bonds is 5. The first-order valence-corrected chi connectivity index (χ1v) is 11.3. The predicted octanol–water partition coefficient (Wildman–Crippen LogP) is 5.52. The summed E-state index contributed by atoms with van der Waals surface area (Å²) in [5.74, 6) is -0.109. The summed E-state index contributed by atoms with van der Waals surface area (Å²) in [5.41, 5.74) is 2.01. The summed E-state index contributed by atoms with van der Waals surface area (Å²) in [6.45, 7) is 3.66. The highest BCUT2D eigenvalue weighted by atomic mass is 35.5. The van der Waals surface area contributed by atoms with Gasteiger partial charge in [-0.15, -0.1) is 0 Å². The normalized spacial score (nSPS) is 12.0. The Labute approximate surface area is 198 Å². The zero-order chi connectivity index (χ0) is 22.8. The molecule has 1 N–H and O–H groups in total. The Morgan fingerprint density at radius 3 is 2.59 bits per heavy atom. The van der Waals surface area contributed by atoms with Crippen molar-refractivity contribution in [2.24, 2.45) is 0 Å². The Morgan fingerprint density at radius 2 is 1.84 bits per heavy atom. The maximum atomic E-state index is 13.4. The van der Waals surface area contributed by atoms with E-state index in [4.69, 9.17) is 28.2 Å². The van der Waals surface area contributed by atoms with Gasteiger partial charge in [0.1, 0.15) is 0 Å². The van der Waals surface area contributed by atoms with E-state index in [9.17, 15) is 9.59 Å². The first-order valence-electron chi connectivity index (χ1n) is 9.71. The van der Waals surface area contributed by atoms with Crippen molar-refractivity contribution in [1.82, 2.24) is 14.5 Å². The summed E-state index contributed by atoms with van der Waals surface area (Å²) in [6, 6.07) is 16.2. The van der Waals surface area contributed by atoms with Gasteiger partial charge in [0.25, 0.3) is 5.56 Å². The highest BCUT2D eigenvalue weighted by Crippen LogP contribution is 2.28. The molecule has 1 atom stereocenters. The fourth-order valence-electron chi connectivity index (χ4n) is 3.15. The van der Waals surface area contributed by atoms with Gasteiger partial charge in [0, 0.05) is 6.20 Å². The second kappa shape index (κ2) is 9.32. The summed E-state index contributed by atoms with van der Waals surface area (Å²) in [7, 11) is 0. The number of hydrogen-bond acceptors (Lipinski definition) is 5. The van der Waals surface area contributed by atoms with Crippen LogP contribution in [0.5, 0.6) is 0 Å². The van der Waals surface area contributed by atoms with Crippen LogP contribution >= 0.6 is 35.0 Å². The fraction of sp³-hybridized carbons (Fsp3) is 0.130. The minimum atomic E-state index is -0.591. The van der Waals surface area contributed by atoms with Crippen LogP contribution < -0.4 is 10.9 Å². The van der Waals surface area contributed by atoms with Crippen LogP contribution in [-0.2, 0) is 4.79 Å². The number of carbonyl (C=O) groups excluding carboxylic acids is 1. The van der Waals surface area contributed by atoms with Gasteiger partial charge in [-0.05, 0) is 43.7 Å². The summed E-state index contributed by atoms with van der Waals surface area (Å²) in [6.07, 6.45) is 1.40. The van der Waals surface area contributed by atoms with Crippen molar-refractivity contribution >= 4 is 57.6 Å². The molecule has 0 aliphatic heterocycles. The van der Waals surface area contributed by atoms with E-state index in [0.29, 0.717) is 26.8 Å². The maximum Gasteiger partial charge on any atom is 0.266 e. The number of fused-ring (bicyclic) bond motifs is 1. The Morgan fingerprint density at radius 1 is 1.12 bits per heavy atom. The summed E-state index contributed by atoms with van der Waals surface area (Å²) >= 11 is 13.2. The highest BCUT2D eigenvalue weighted by molar-refractivity contribution is 8.00. The van der Waals surface area contributed by atoms with Crippen LogP contribution in [0.4, 0.5) is 5.82 Å². The molecule has 0 aliphatic rings. The quantitative estimate of drug-likeness (QED) is 0.298. The zero-order valence-corrected chi connectivity index (χ0v) is 19.5. The number of anilines is 1. The van der Waals surface area contributed by atoms with Gasteiger partial charge in [-0.2, -0.15) is 0 Å². The van der Waals surface area contributed by atoms with Gasteiger partial charge in [-0.1, -0.05) is 65.3 Å². The molecule has 0 saturated carbocycles. The number of aryl methyl sites for hydroxylation is 1. The molecular weight excluding hydrogens is 467 g/mol. The number of nitrogens with zero attached hydrogens (tertiary/aromatic N) is 3. The van der Waals surface area contributed by atoms with Gasteiger partial charge in [-0.25, -0.2) is 9.97 Å². The van der Waals surface area contributed by atoms with Gasteiger partial charge in [-0.3, -0.25) is 14.2 Å². The average molecular weight is 485 g/mol. The van der Waals surface area contributed by atoms with E-state index < -0.39 is 5.25 Å². The molecule has 1 amide bonds. The number of nitrogens with one attached hydrogen (secondary N) is 1. The lowest BCUT2D eigenvalue weighted by Gasteiger charge is -2.17. The van der Waals surface area contributed by atoms with Gasteiger partial charge in [0.15, 0.2) is 11.0 Å². The van der Waals surface area contributed by atoms with Crippen LogP contribution in [-0.4, -0.2) is 25.7 Å². The van der Waals surface area contributed by atoms with Crippen LogP contribution in [0.3, 0.4) is 0 Å². The van der Waals surface area contributed by atoms with Crippen LogP contribution in [0, 0.1) is 6.92 Å². The third-order valence-electron chi connectivity index (χ3n) is 4.80. The molecule has 4 aromatic rings. The lowest BCUT2D eigenvalue weighted by Crippen LogP contribution is -2.27. The van der Waals surface area contributed by atoms with Crippen molar-refractivity contribution in [1.29, 1.82) is 0 Å². The van der Waals surface area contributed by atoms with Gasteiger partial charge in [0.05, 0.1) is 31.9 Å². The zero-order valence-electron chi connectivity index (χ0n) is 17.2. The second-order valence-electron chi connectivity index (χ2n) is 7.07. The summed E-state index contributed by atoms with van der Waals surface area (Å²) < 4.78 is 1.56. The monoisotopic (exact) mass is 484 g/mol. The van der Waals surface area contributed by atoms with E-state index >= 15 is 0 Å². The van der Waals surface area contributed by atoms with E-state index in [1.54, 1.807) is 29.7 Å². The number of carbonyl (C=O) groups is 1. The molecule has 6 nitrogen and oxygen atoms in total. The number of benzene rings is 2. The summed E-state index contributed by atoms with van der Waals surface area (Å²) in [4.78, 5) is 35.0. The molecule has 0 fully saturated rings. The van der Waals surface area contributed by atoms with E-state index in [1.165, 1.54) is 24.0 Å². The SMILES string of the molecule is Cc1ccccc1-n1c(SC(C)C(=O)Nc2ncc(Cl)cc2Cl)nc2ccccc2c1=O. The van der Waals surface area contributed by atoms with E-state index in [-0.39, 0.29) is 22.3 Å². The molecule has 0 spiro atoms. The average Bonchev–Trinajstić information content (AvgIpc) is 2.77. The maximum absolute atomic E-state index is 13.4. The van der Waals surface area contributed by atoms with Crippen molar-refractivity contribution in [2.45, 2.75) is 24.3 Å². The molecule has 2 heterocycles. The lowest BCUT2D eigenvalue weighted by atomic mass is 10.2. The van der Waals surface area contributed by atoms with E-state index in [0.717, 1.165) is 5.56 Å². The smallest absolute Gasteiger partial charge is 0.266 e. The fourth-order valence-corrected chi connectivity index (χ4v) is 4.50. The van der Waals surface area contributed by atoms with Crippen molar-refractivity contribution < 1.29 is 4.79 Å². The third-order valence-corrected chi connectivity index (χ3v) is 6.35. The first kappa shape index (κ1) is 22.3. The predicted molar refractivity (Wildman–Crippen MR) is 130 cm³/mol. The van der Waals surface area contributed by atoms with Crippen LogP contribution in [0.1, 0.15) is 12.5 Å². The molecule has 2 aromatic heterocycles. The number of halogens is 2. The van der Waals surface area contributed by atoms with Crippen molar-refractivity contribution in [3.63, 3.8) is 0 Å². The minimum Gasteiger partial charge on any atom is -0.308 e. The molecule has 32 heavy (non-hydrogen) atoms. The van der Waals surface area contributed by atoms with Gasteiger partial charge in [0.2, 0.25) is 5.91 Å². The molecular formula is C23H18Cl2N4O2S. The number of aromatic nitrogens is 3. The largest absolute Gasteiger partial charge is 0.308 e. The molecule has 0 saturated heterocycles. The Balaban J connectivity index is 1.73. The number of hydrogen-bond donors (Lipinski definition) is 1. The van der Waals surface area contributed by atoms with Crippen molar-refractivity contribution in [3.05, 3.63) is 86.8 Å². The molecule has 0 radical (unpaired) electrons. The highest BCUT2D eigenvalue weighted by Gasteiger charge is 2.22. The Hall–Kier alpha value is -2.87. The van der Waals surface area contributed by atoms with E-state index in [2.05, 4.69) is 10.3 Å². The van der Waals surface area contributed by atoms with Gasteiger partial charge >= 0.3 is 0 Å². The van der Waals surface area contributed by atoms with Crippen molar-refractivity contribution in [3.8, 4) is 5.69 Å². The van der Waals surface area contributed by atoms with Gasteiger partial charge < -0.3 is 5.32 Å². The third kappa shape index (κ3) is 4.50. The van der Waals surface area contributed by atoms with Crippen LogP contribution in [0.2, 0.25) is 10.0 Å². The van der Waals surface area contributed by atoms with Crippen molar-refractivity contribution in [2.75, 3.05) is 5.32 Å². The molecule has 9 heteroatoms. The minimum absolute atomic E-state index is 0.192. The lowest BCUT2D eigenvalue weighted by molar-refractivity contribution is -0.115. The standard InChI is InChI=1S/C23H18Cl2N4O2S/c1-13-7-3-6-10-19(13)29-22(31)16-8-4-5-9-18(16)27-23(29)32-14(2)21(30)28-20-17(25)11-15(24)12-26-20/h3-12,14H,1-2H3,(H,26,28,30). The second-order valence-corrected chi connectivity index (χ2v) is 9.22. The number of pyridine rings is 1. The Bertz CT molecular complexity index is 1390. The van der Waals surface area contributed by atoms with E-state index in [1.807, 2.05) is 37.3 Å². The molecule has 1 unspecified atom stereocenters. The summed E-state index contributed by atoms with van der Waals surface area (Å²) in [5, 5.41) is 3.65. The number of amides is 1. The first-order chi connectivity index (χ1) is 15.3.